The van der Waals surface area contributed by atoms with Gasteiger partial charge >= 0.3 is 0 Å². The maximum atomic E-state index is 10.9. The van der Waals surface area contributed by atoms with Crippen molar-refractivity contribution in [3.63, 3.8) is 0 Å². The van der Waals surface area contributed by atoms with Gasteiger partial charge < -0.3 is 0 Å². The number of nitrogens with zero attached hydrogens (tertiary/aromatic N) is 2. The van der Waals surface area contributed by atoms with Gasteiger partial charge in [-0.2, -0.15) is 8.75 Å². The Balaban J connectivity index is 2.75. The molecule has 0 saturated heterocycles. The number of hydrogen-bond acceptors (Lipinski definition) is 5. The minimum absolute atomic E-state index is 0.0503. The molecule has 0 aliphatic carbocycles. The summed E-state index contributed by atoms with van der Waals surface area (Å²) in [5.74, 6) is 0. The van der Waals surface area contributed by atoms with Crippen molar-refractivity contribution in [1.82, 2.24) is 8.75 Å². The van der Waals surface area contributed by atoms with Gasteiger partial charge in [-0.25, -0.2) is 8.42 Å². The van der Waals surface area contributed by atoms with Crippen LogP contribution in [-0.2, 0) is 9.05 Å². The van der Waals surface area contributed by atoms with Gasteiger partial charge in [0.05, 0.1) is 16.6 Å². The van der Waals surface area contributed by atoms with Gasteiger partial charge in [-0.15, -0.1) is 0 Å². The van der Waals surface area contributed by atoms with E-state index in [4.69, 9.17) is 10.7 Å². The molecule has 0 N–H and O–H groups in total. The number of halogens is 1. The third-order valence-electron chi connectivity index (χ3n) is 1.51. The highest BCUT2D eigenvalue weighted by molar-refractivity contribution is 8.13. The summed E-state index contributed by atoms with van der Waals surface area (Å²) in [7, 11) is 1.49. The molecule has 0 radical (unpaired) electrons. The molecule has 4 nitrogen and oxygen atoms in total. The van der Waals surface area contributed by atoms with Crippen LogP contribution in [0.5, 0.6) is 0 Å². The highest BCUT2D eigenvalue weighted by Crippen LogP contribution is 2.19. The molecular formula is C6H3ClN2O2S2. The molecule has 0 saturated carbocycles. The van der Waals surface area contributed by atoms with Gasteiger partial charge in [0.25, 0.3) is 9.05 Å². The first-order valence-electron chi connectivity index (χ1n) is 3.24. The maximum Gasteiger partial charge on any atom is 0.261 e. The van der Waals surface area contributed by atoms with Crippen LogP contribution in [0.3, 0.4) is 0 Å². The molecule has 0 aliphatic heterocycles. The highest BCUT2D eigenvalue weighted by atomic mass is 35.7. The third-order valence-corrected chi connectivity index (χ3v) is 3.41. The summed E-state index contributed by atoms with van der Waals surface area (Å²) in [4.78, 5) is 0.0503. The number of fused-ring (bicyclic) bond motifs is 1. The zero-order valence-corrected chi connectivity index (χ0v) is 8.53. The van der Waals surface area contributed by atoms with E-state index in [2.05, 4.69) is 8.75 Å². The van der Waals surface area contributed by atoms with Gasteiger partial charge in [-0.1, -0.05) is 0 Å². The lowest BCUT2D eigenvalue weighted by Crippen LogP contribution is -1.89. The van der Waals surface area contributed by atoms with Crippen LogP contribution in [0, 0.1) is 0 Å². The van der Waals surface area contributed by atoms with Crippen LogP contribution >= 0.6 is 22.4 Å². The molecule has 1 aromatic carbocycles. The minimum atomic E-state index is -3.66. The monoisotopic (exact) mass is 234 g/mol. The van der Waals surface area contributed by atoms with Gasteiger partial charge in [0.1, 0.15) is 11.0 Å². The Morgan fingerprint density at radius 3 is 2.62 bits per heavy atom. The van der Waals surface area contributed by atoms with Crippen molar-refractivity contribution < 1.29 is 8.42 Å². The molecular weight excluding hydrogens is 232 g/mol. The molecule has 0 aliphatic rings. The Bertz CT molecular complexity index is 549. The van der Waals surface area contributed by atoms with Crippen molar-refractivity contribution in [2.24, 2.45) is 0 Å². The van der Waals surface area contributed by atoms with E-state index in [1.165, 1.54) is 12.1 Å². The van der Waals surface area contributed by atoms with Crippen LogP contribution in [0.15, 0.2) is 23.1 Å². The van der Waals surface area contributed by atoms with Gasteiger partial charge in [0.2, 0.25) is 0 Å². The van der Waals surface area contributed by atoms with Gasteiger partial charge in [-0.05, 0) is 18.2 Å². The Hall–Kier alpha value is -0.720. The summed E-state index contributed by atoms with van der Waals surface area (Å²) in [5.41, 5.74) is 1.22. The summed E-state index contributed by atoms with van der Waals surface area (Å²) >= 11 is 1.03. The second-order valence-corrected chi connectivity index (χ2v) is 5.45. The largest absolute Gasteiger partial charge is 0.261 e. The van der Waals surface area contributed by atoms with E-state index in [-0.39, 0.29) is 4.90 Å². The van der Waals surface area contributed by atoms with Crippen molar-refractivity contribution in [2.75, 3.05) is 0 Å². The number of benzene rings is 1. The first-order chi connectivity index (χ1) is 6.07. The molecule has 0 fully saturated rings. The van der Waals surface area contributed by atoms with E-state index in [9.17, 15) is 8.42 Å². The van der Waals surface area contributed by atoms with Gasteiger partial charge in [0, 0.05) is 10.7 Å². The lowest BCUT2D eigenvalue weighted by molar-refractivity contribution is 0.609. The van der Waals surface area contributed by atoms with E-state index in [0.717, 1.165) is 11.7 Å². The smallest absolute Gasteiger partial charge is 0.207 e. The SMILES string of the molecule is O=S(=O)(Cl)c1ccc2nsnc2c1. The molecule has 0 bridgehead atoms. The fourth-order valence-corrected chi connectivity index (χ4v) is 2.20. The molecule has 68 valence electrons. The third kappa shape index (κ3) is 1.65. The molecule has 2 aromatic rings. The normalized spacial score (nSPS) is 12.1. The first-order valence-corrected chi connectivity index (χ1v) is 6.28. The number of hydrogen-bond donors (Lipinski definition) is 0. The molecule has 1 heterocycles. The Morgan fingerprint density at radius 1 is 1.23 bits per heavy atom. The Labute approximate surface area is 82.9 Å². The van der Waals surface area contributed by atoms with Crippen molar-refractivity contribution in [3.05, 3.63) is 18.2 Å². The van der Waals surface area contributed by atoms with Crippen molar-refractivity contribution in [3.8, 4) is 0 Å². The van der Waals surface area contributed by atoms with Crippen LogP contribution in [0.1, 0.15) is 0 Å². The van der Waals surface area contributed by atoms with Gasteiger partial charge in [-0.3, -0.25) is 0 Å². The average Bonchev–Trinajstić information content (AvgIpc) is 2.47. The fourth-order valence-electron chi connectivity index (χ4n) is 0.914. The van der Waals surface area contributed by atoms with Crippen LogP contribution in [-0.4, -0.2) is 17.2 Å². The molecule has 1 aromatic heterocycles. The lowest BCUT2D eigenvalue weighted by Gasteiger charge is -1.93. The van der Waals surface area contributed by atoms with Crippen LogP contribution in [0.4, 0.5) is 0 Å². The summed E-state index contributed by atoms with van der Waals surface area (Å²) < 4.78 is 29.7. The predicted molar refractivity (Wildman–Crippen MR) is 50.5 cm³/mol. The summed E-state index contributed by atoms with van der Waals surface area (Å²) in [5, 5.41) is 0. The number of rotatable bonds is 1. The van der Waals surface area contributed by atoms with Crippen molar-refractivity contribution in [1.29, 1.82) is 0 Å². The molecule has 0 unspecified atom stereocenters. The van der Waals surface area contributed by atoms with E-state index in [1.54, 1.807) is 6.07 Å². The quantitative estimate of drug-likeness (QED) is 0.704. The molecule has 13 heavy (non-hydrogen) atoms. The summed E-state index contributed by atoms with van der Waals surface area (Å²) in [6.45, 7) is 0. The van der Waals surface area contributed by atoms with Crippen LogP contribution in [0.2, 0.25) is 0 Å². The van der Waals surface area contributed by atoms with Crippen molar-refractivity contribution >= 4 is 42.5 Å². The van der Waals surface area contributed by atoms with E-state index >= 15 is 0 Å². The average molecular weight is 235 g/mol. The zero-order chi connectivity index (χ0) is 9.47. The molecule has 7 heteroatoms. The molecule has 0 amide bonds. The zero-order valence-electron chi connectivity index (χ0n) is 6.14. The van der Waals surface area contributed by atoms with Crippen LogP contribution < -0.4 is 0 Å². The second kappa shape index (κ2) is 2.90. The lowest BCUT2D eigenvalue weighted by atomic mass is 10.3. The highest BCUT2D eigenvalue weighted by Gasteiger charge is 2.11. The molecule has 2 rings (SSSR count). The Morgan fingerprint density at radius 2 is 1.92 bits per heavy atom. The second-order valence-electron chi connectivity index (χ2n) is 2.35. The molecule has 0 spiro atoms. The fraction of sp³-hybridized carbons (Fsp3) is 0. The summed E-state index contributed by atoms with van der Waals surface area (Å²) in [6, 6.07) is 4.39. The number of aromatic nitrogens is 2. The standard InChI is InChI=1S/C6H3ClN2O2S2/c7-13(10,11)4-1-2-5-6(3-4)9-12-8-5/h1-3H. The topological polar surface area (TPSA) is 59.9 Å². The predicted octanol–water partition coefficient (Wildman–Crippen LogP) is 1.62. The maximum absolute atomic E-state index is 10.9. The van der Waals surface area contributed by atoms with Gasteiger partial charge in [0.15, 0.2) is 0 Å². The van der Waals surface area contributed by atoms with E-state index in [0.29, 0.717) is 11.0 Å². The van der Waals surface area contributed by atoms with Crippen molar-refractivity contribution in [2.45, 2.75) is 4.90 Å². The molecule has 0 atom stereocenters. The van der Waals surface area contributed by atoms with E-state index in [1.807, 2.05) is 0 Å². The summed E-state index contributed by atoms with van der Waals surface area (Å²) in [6.07, 6.45) is 0. The van der Waals surface area contributed by atoms with Crippen LogP contribution in [0.25, 0.3) is 11.0 Å². The minimum Gasteiger partial charge on any atom is -0.207 e. The van der Waals surface area contributed by atoms with E-state index < -0.39 is 9.05 Å². The Kier molecular flexibility index (Phi) is 1.98. The first kappa shape index (κ1) is 8.86.